The summed E-state index contributed by atoms with van der Waals surface area (Å²) >= 11 is 6.40. The van der Waals surface area contributed by atoms with Crippen molar-refractivity contribution in [3.05, 3.63) is 65.7 Å². The number of aliphatic hydroxyl groups is 1. The van der Waals surface area contributed by atoms with Crippen LogP contribution >= 0.6 is 11.6 Å². The monoisotopic (exact) mass is 308 g/mol. The first-order valence-electron chi connectivity index (χ1n) is 6.33. The highest BCUT2D eigenvalue weighted by atomic mass is 35.5. The molecule has 2 aromatic rings. The van der Waals surface area contributed by atoms with Gasteiger partial charge in [-0.25, -0.2) is 0 Å². The van der Waals surface area contributed by atoms with Crippen LogP contribution in [0.4, 0.5) is 0 Å². The Morgan fingerprint density at radius 2 is 1.65 bits per heavy atom. The summed E-state index contributed by atoms with van der Waals surface area (Å²) in [5.74, 6) is 0. The molecule has 0 aliphatic rings. The molecular formula is C16H17ClO2S. The number of aliphatic hydroxyl groups excluding tert-OH is 1. The van der Waals surface area contributed by atoms with Crippen molar-refractivity contribution in [2.75, 3.05) is 0 Å². The van der Waals surface area contributed by atoms with E-state index >= 15 is 0 Å². The minimum Gasteiger partial charge on any atom is -0.386 e. The van der Waals surface area contributed by atoms with Crippen molar-refractivity contribution in [3.8, 4) is 0 Å². The van der Waals surface area contributed by atoms with E-state index < -0.39 is 21.1 Å². The number of halogens is 1. The summed E-state index contributed by atoms with van der Waals surface area (Å²) in [6.07, 6.45) is -1.01. The van der Waals surface area contributed by atoms with E-state index in [-0.39, 0.29) is 0 Å². The van der Waals surface area contributed by atoms with Gasteiger partial charge in [0.25, 0.3) is 0 Å². The molecular weight excluding hydrogens is 292 g/mol. The first-order valence-corrected chi connectivity index (χ1v) is 7.86. The lowest BCUT2D eigenvalue weighted by atomic mass is 10.1. The third kappa shape index (κ3) is 3.11. The van der Waals surface area contributed by atoms with Crippen molar-refractivity contribution in [1.82, 2.24) is 0 Å². The lowest BCUT2D eigenvalue weighted by Crippen LogP contribution is -2.31. The van der Waals surface area contributed by atoms with E-state index in [2.05, 4.69) is 0 Å². The molecule has 2 rings (SSSR count). The van der Waals surface area contributed by atoms with Crippen LogP contribution < -0.4 is 0 Å². The topological polar surface area (TPSA) is 37.3 Å². The summed E-state index contributed by atoms with van der Waals surface area (Å²) in [5.41, 5.74) is 1.75. The molecule has 3 atom stereocenters. The van der Waals surface area contributed by atoms with Crippen molar-refractivity contribution in [1.29, 1.82) is 0 Å². The van der Waals surface area contributed by atoms with Gasteiger partial charge in [-0.2, -0.15) is 0 Å². The van der Waals surface area contributed by atoms with Gasteiger partial charge in [-0.05, 0) is 31.5 Å². The molecule has 4 heteroatoms. The van der Waals surface area contributed by atoms with Crippen molar-refractivity contribution >= 4 is 22.4 Å². The smallest absolute Gasteiger partial charge is 0.151 e. The van der Waals surface area contributed by atoms with Gasteiger partial charge >= 0.3 is 0 Å². The zero-order valence-electron chi connectivity index (χ0n) is 11.4. The molecule has 0 saturated heterocycles. The van der Waals surface area contributed by atoms with Crippen LogP contribution in [0.15, 0.2) is 59.5 Å². The number of aryl methyl sites for hydroxylation is 1. The Kier molecular flexibility index (Phi) is 4.63. The fraction of sp³-hybridized carbons (Fsp3) is 0.250. The summed E-state index contributed by atoms with van der Waals surface area (Å²) < 4.78 is 11.3. The van der Waals surface area contributed by atoms with E-state index in [9.17, 15) is 9.32 Å². The fourth-order valence-electron chi connectivity index (χ4n) is 1.93. The van der Waals surface area contributed by atoms with Gasteiger partial charge in [-0.15, -0.1) is 11.6 Å². The Morgan fingerprint density at radius 3 is 2.20 bits per heavy atom. The molecule has 0 heterocycles. The average molecular weight is 309 g/mol. The van der Waals surface area contributed by atoms with Crippen LogP contribution in [0, 0.1) is 6.92 Å². The van der Waals surface area contributed by atoms with Crippen LogP contribution in [0.3, 0.4) is 0 Å². The van der Waals surface area contributed by atoms with Crippen LogP contribution in [0.25, 0.3) is 0 Å². The zero-order valence-corrected chi connectivity index (χ0v) is 13.0. The Labute approximate surface area is 126 Å². The van der Waals surface area contributed by atoms with Gasteiger partial charge in [0.2, 0.25) is 0 Å². The average Bonchev–Trinajstić information content (AvgIpc) is 2.47. The van der Waals surface area contributed by atoms with Gasteiger partial charge in [0, 0.05) is 4.90 Å². The van der Waals surface area contributed by atoms with Crippen LogP contribution in [-0.2, 0) is 10.8 Å². The van der Waals surface area contributed by atoms with Crippen LogP contribution in [0.1, 0.15) is 24.2 Å². The minimum atomic E-state index is -1.52. The molecule has 0 fully saturated rings. The van der Waals surface area contributed by atoms with E-state index in [0.717, 1.165) is 5.56 Å². The predicted molar refractivity (Wildman–Crippen MR) is 83.2 cm³/mol. The van der Waals surface area contributed by atoms with Crippen molar-refractivity contribution in [2.24, 2.45) is 0 Å². The first-order chi connectivity index (χ1) is 9.43. The Bertz CT molecular complexity index is 594. The van der Waals surface area contributed by atoms with Crippen LogP contribution in [0.2, 0.25) is 0 Å². The second-order valence-corrected chi connectivity index (χ2v) is 7.75. The Morgan fingerprint density at radius 1 is 1.10 bits per heavy atom. The number of rotatable bonds is 4. The summed E-state index contributed by atoms with van der Waals surface area (Å²) in [6, 6.07) is 16.4. The van der Waals surface area contributed by atoms with Crippen LogP contribution in [0.5, 0.6) is 0 Å². The lowest BCUT2D eigenvalue weighted by Gasteiger charge is -2.27. The zero-order chi connectivity index (χ0) is 14.8. The number of hydrogen-bond donors (Lipinski definition) is 1. The first kappa shape index (κ1) is 15.2. The predicted octanol–water partition coefficient (Wildman–Crippen LogP) is 3.79. The highest BCUT2D eigenvalue weighted by molar-refractivity contribution is 7.88. The maximum Gasteiger partial charge on any atom is 0.151 e. The Hall–Kier alpha value is -1.16. The molecule has 2 nitrogen and oxygen atoms in total. The summed E-state index contributed by atoms with van der Waals surface area (Å²) in [5, 5.41) is 10.4. The molecule has 0 spiro atoms. The second-order valence-electron chi connectivity index (χ2n) is 4.88. The van der Waals surface area contributed by atoms with E-state index in [1.165, 1.54) is 0 Å². The number of hydrogen-bond acceptors (Lipinski definition) is 2. The van der Waals surface area contributed by atoms with Crippen molar-refractivity contribution < 1.29 is 9.32 Å². The standard InChI is InChI=1S/C16H17ClO2S/c1-12-8-10-14(11-9-12)20(19)16(2,17)15(18)13-6-4-3-5-7-13/h3-11,15,18H,1-2H3. The molecule has 2 aromatic carbocycles. The highest BCUT2D eigenvalue weighted by Gasteiger charge is 2.38. The molecule has 0 amide bonds. The summed E-state index contributed by atoms with van der Waals surface area (Å²) in [7, 11) is -1.52. The molecule has 0 saturated carbocycles. The molecule has 0 aliphatic heterocycles. The van der Waals surface area contributed by atoms with Gasteiger partial charge in [-0.3, -0.25) is 4.21 Å². The molecule has 0 aromatic heterocycles. The number of benzene rings is 2. The van der Waals surface area contributed by atoms with E-state index in [0.29, 0.717) is 10.5 Å². The molecule has 20 heavy (non-hydrogen) atoms. The third-order valence-corrected chi connectivity index (χ3v) is 5.48. The summed E-state index contributed by atoms with van der Waals surface area (Å²) in [6.45, 7) is 3.56. The maximum atomic E-state index is 12.6. The minimum absolute atomic E-state index is 0.614. The Balaban J connectivity index is 2.29. The van der Waals surface area contributed by atoms with Crippen molar-refractivity contribution in [2.45, 2.75) is 29.1 Å². The quantitative estimate of drug-likeness (QED) is 0.873. The molecule has 1 N–H and O–H groups in total. The van der Waals surface area contributed by atoms with Gasteiger partial charge in [0.15, 0.2) is 4.21 Å². The highest BCUT2D eigenvalue weighted by Crippen LogP contribution is 2.37. The van der Waals surface area contributed by atoms with Gasteiger partial charge in [-0.1, -0.05) is 48.0 Å². The SMILES string of the molecule is Cc1ccc(S(=O)C(C)(Cl)C(O)c2ccccc2)cc1. The van der Waals surface area contributed by atoms with E-state index in [1.807, 2.05) is 37.3 Å². The second kappa shape index (κ2) is 6.08. The molecule has 0 bridgehead atoms. The molecule has 3 unspecified atom stereocenters. The van der Waals surface area contributed by atoms with Gasteiger partial charge in [0.1, 0.15) is 6.10 Å². The van der Waals surface area contributed by atoms with Crippen molar-refractivity contribution in [3.63, 3.8) is 0 Å². The number of alkyl halides is 1. The normalized spacial score (nSPS) is 17.2. The fourth-order valence-corrected chi connectivity index (χ4v) is 3.50. The van der Waals surface area contributed by atoms with Gasteiger partial charge < -0.3 is 5.11 Å². The maximum absolute atomic E-state index is 12.6. The van der Waals surface area contributed by atoms with E-state index in [4.69, 9.17) is 11.6 Å². The van der Waals surface area contributed by atoms with E-state index in [1.54, 1.807) is 31.2 Å². The lowest BCUT2D eigenvalue weighted by molar-refractivity contribution is 0.164. The molecule has 0 aliphatic carbocycles. The molecule has 0 radical (unpaired) electrons. The van der Waals surface area contributed by atoms with Gasteiger partial charge in [0.05, 0.1) is 10.8 Å². The third-order valence-electron chi connectivity index (χ3n) is 3.20. The largest absolute Gasteiger partial charge is 0.386 e. The summed E-state index contributed by atoms with van der Waals surface area (Å²) in [4.78, 5) is 0.614. The van der Waals surface area contributed by atoms with Crippen LogP contribution in [-0.4, -0.2) is 13.5 Å². The molecule has 106 valence electrons.